The highest BCUT2D eigenvalue weighted by Gasteiger charge is 2.20. The standard InChI is InChI=1S/C48H86NO7P/c1-6-8-10-12-14-16-18-20-22-24-25-26-27-29-31-33-35-37-39-41-48(50)56-47(46-55-57(51,52)54-44-42-49(3,4)5)45-53-43-40-38-36-34-32-30-28-23-21-19-17-15-13-11-9-7-2/h8,10,14,16,20,22,25-26,29,31,35,37,47H,6-7,9,11-13,15,17-19,21,23-24,27-28,30,32-34,36,38-46H2,1-5H3/b10-8-,16-14-,22-20-,26-25-,31-29-,37-35-/t47-/m1/s1. The first-order chi connectivity index (χ1) is 27.6. The van der Waals surface area contributed by atoms with Crippen LogP contribution in [0.25, 0.3) is 0 Å². The molecule has 0 aromatic rings. The maximum absolute atomic E-state index is 12.7. The van der Waals surface area contributed by atoms with Crippen molar-refractivity contribution in [3.05, 3.63) is 72.9 Å². The van der Waals surface area contributed by atoms with Crippen molar-refractivity contribution < 1.29 is 37.3 Å². The highest BCUT2D eigenvalue weighted by molar-refractivity contribution is 7.45. The average molecular weight is 820 g/mol. The number of hydrogen-bond acceptors (Lipinski definition) is 7. The van der Waals surface area contributed by atoms with Crippen molar-refractivity contribution >= 4 is 13.8 Å². The summed E-state index contributed by atoms with van der Waals surface area (Å²) in [5.41, 5.74) is 0. The maximum atomic E-state index is 12.7. The number of carbonyl (C=O) groups is 1. The van der Waals surface area contributed by atoms with E-state index < -0.39 is 19.9 Å². The van der Waals surface area contributed by atoms with Crippen LogP contribution in [0.5, 0.6) is 0 Å². The van der Waals surface area contributed by atoms with Gasteiger partial charge in [0.05, 0.1) is 34.4 Å². The van der Waals surface area contributed by atoms with Crippen LogP contribution in [0.15, 0.2) is 72.9 Å². The molecule has 2 atom stereocenters. The van der Waals surface area contributed by atoms with Crippen LogP contribution < -0.4 is 4.89 Å². The molecule has 0 aromatic carbocycles. The average Bonchev–Trinajstić information content (AvgIpc) is 3.16. The second-order valence-electron chi connectivity index (χ2n) is 16.0. The lowest BCUT2D eigenvalue weighted by Crippen LogP contribution is -2.37. The largest absolute Gasteiger partial charge is 0.756 e. The molecule has 0 bridgehead atoms. The summed E-state index contributed by atoms with van der Waals surface area (Å²) < 4.78 is 34.5. The zero-order chi connectivity index (χ0) is 42.0. The van der Waals surface area contributed by atoms with Crippen molar-refractivity contribution in [3.8, 4) is 0 Å². The SMILES string of the molecule is CC/C=C\C/C=C\C/C=C\C/C=C\C/C=C\C/C=C\CCC(=O)O[C@H](COCCCCCCCCCCCCCCCCCC)COP(=O)([O-])OCC[N+](C)(C)C. The highest BCUT2D eigenvalue weighted by Crippen LogP contribution is 2.38. The van der Waals surface area contributed by atoms with Gasteiger partial charge in [-0.05, 0) is 51.4 Å². The molecule has 8 nitrogen and oxygen atoms in total. The molecule has 1 unspecified atom stereocenters. The fourth-order valence-electron chi connectivity index (χ4n) is 5.81. The molecule has 0 aliphatic heterocycles. The van der Waals surface area contributed by atoms with Gasteiger partial charge in [-0.25, -0.2) is 0 Å². The smallest absolute Gasteiger partial charge is 0.306 e. The van der Waals surface area contributed by atoms with Gasteiger partial charge >= 0.3 is 5.97 Å². The molecule has 0 saturated heterocycles. The Kier molecular flexibility index (Phi) is 39.2. The number of ether oxygens (including phenoxy) is 2. The lowest BCUT2D eigenvalue weighted by molar-refractivity contribution is -0.870. The first kappa shape index (κ1) is 54.9. The molecule has 0 aliphatic carbocycles. The van der Waals surface area contributed by atoms with Crippen molar-refractivity contribution in [2.24, 2.45) is 0 Å². The zero-order valence-corrected chi connectivity index (χ0v) is 38.2. The van der Waals surface area contributed by atoms with Crippen molar-refractivity contribution in [3.63, 3.8) is 0 Å². The zero-order valence-electron chi connectivity index (χ0n) is 37.3. The first-order valence-electron chi connectivity index (χ1n) is 22.7. The molecule has 0 radical (unpaired) electrons. The summed E-state index contributed by atoms with van der Waals surface area (Å²) in [5.74, 6) is -0.416. The quantitative estimate of drug-likeness (QED) is 0.0199. The Bertz CT molecular complexity index is 1140. The van der Waals surface area contributed by atoms with Gasteiger partial charge in [-0.15, -0.1) is 0 Å². The van der Waals surface area contributed by atoms with Crippen molar-refractivity contribution in [1.29, 1.82) is 0 Å². The van der Waals surface area contributed by atoms with E-state index in [0.717, 1.165) is 51.4 Å². The van der Waals surface area contributed by atoms with E-state index in [1.54, 1.807) is 0 Å². The van der Waals surface area contributed by atoms with Gasteiger partial charge < -0.3 is 27.9 Å². The van der Waals surface area contributed by atoms with Crippen LogP contribution in [0, 0.1) is 0 Å². The molecule has 9 heteroatoms. The lowest BCUT2D eigenvalue weighted by atomic mass is 10.0. The van der Waals surface area contributed by atoms with Gasteiger partial charge in [0.2, 0.25) is 0 Å². The lowest BCUT2D eigenvalue weighted by Gasteiger charge is -2.28. The summed E-state index contributed by atoms with van der Waals surface area (Å²) >= 11 is 0. The van der Waals surface area contributed by atoms with Crippen molar-refractivity contribution in [1.82, 2.24) is 0 Å². The molecule has 0 N–H and O–H groups in total. The molecule has 0 fully saturated rings. The molecule has 0 heterocycles. The summed E-state index contributed by atoms with van der Waals surface area (Å²) in [6.45, 7) is 5.20. The summed E-state index contributed by atoms with van der Waals surface area (Å²) in [7, 11) is 1.30. The minimum Gasteiger partial charge on any atom is -0.756 e. The molecule has 0 saturated carbocycles. The number of rotatable bonds is 41. The number of hydrogen-bond donors (Lipinski definition) is 0. The van der Waals surface area contributed by atoms with E-state index in [1.165, 1.54) is 89.9 Å². The molecular weight excluding hydrogens is 734 g/mol. The molecule has 330 valence electrons. The van der Waals surface area contributed by atoms with Gasteiger partial charge in [-0.1, -0.05) is 183 Å². The van der Waals surface area contributed by atoms with E-state index >= 15 is 0 Å². The van der Waals surface area contributed by atoms with Crippen LogP contribution in [0.2, 0.25) is 0 Å². The topological polar surface area (TPSA) is 94.1 Å². The molecule has 0 aromatic heterocycles. The molecule has 0 rings (SSSR count). The number of likely N-dealkylation sites (N-methyl/N-ethyl adjacent to an activating group) is 1. The maximum Gasteiger partial charge on any atom is 0.306 e. The normalized spacial score (nSPS) is 14.4. The fourth-order valence-corrected chi connectivity index (χ4v) is 6.54. The summed E-state index contributed by atoms with van der Waals surface area (Å²) in [6.07, 6.45) is 52.2. The Morgan fingerprint density at radius 3 is 1.42 bits per heavy atom. The first-order valence-corrected chi connectivity index (χ1v) is 24.1. The highest BCUT2D eigenvalue weighted by atomic mass is 31.2. The Morgan fingerprint density at radius 2 is 0.982 bits per heavy atom. The predicted octanol–water partition coefficient (Wildman–Crippen LogP) is 12.9. The Morgan fingerprint density at radius 1 is 0.561 bits per heavy atom. The van der Waals surface area contributed by atoms with Gasteiger partial charge in [-0.2, -0.15) is 0 Å². The number of quaternary nitrogens is 1. The third-order valence-corrected chi connectivity index (χ3v) is 10.2. The number of carbonyl (C=O) groups excluding carboxylic acids is 1. The van der Waals surface area contributed by atoms with Crippen LogP contribution >= 0.6 is 7.82 Å². The predicted molar refractivity (Wildman–Crippen MR) is 240 cm³/mol. The van der Waals surface area contributed by atoms with E-state index in [9.17, 15) is 14.3 Å². The Labute approximate surface area is 351 Å². The van der Waals surface area contributed by atoms with Gasteiger partial charge in [0.1, 0.15) is 19.3 Å². The fraction of sp³-hybridized carbons (Fsp3) is 0.729. The van der Waals surface area contributed by atoms with Gasteiger partial charge in [-0.3, -0.25) is 9.36 Å². The summed E-state index contributed by atoms with van der Waals surface area (Å²) in [6, 6.07) is 0. The summed E-state index contributed by atoms with van der Waals surface area (Å²) in [5, 5.41) is 0. The van der Waals surface area contributed by atoms with Crippen LogP contribution in [0.3, 0.4) is 0 Å². The number of nitrogens with zero attached hydrogens (tertiary/aromatic N) is 1. The van der Waals surface area contributed by atoms with Crippen molar-refractivity contribution in [2.75, 3.05) is 54.1 Å². The molecule has 0 aliphatic rings. The number of phosphoric ester groups is 1. The van der Waals surface area contributed by atoms with Crippen LogP contribution in [-0.2, 0) is 27.9 Å². The van der Waals surface area contributed by atoms with E-state index in [0.29, 0.717) is 24.1 Å². The third-order valence-electron chi connectivity index (χ3n) is 9.29. The van der Waals surface area contributed by atoms with Crippen LogP contribution in [-0.4, -0.2) is 70.7 Å². The molecule has 0 spiro atoms. The van der Waals surface area contributed by atoms with E-state index in [2.05, 4.69) is 74.6 Å². The van der Waals surface area contributed by atoms with Gasteiger partial charge in [0, 0.05) is 13.0 Å². The van der Waals surface area contributed by atoms with Crippen molar-refractivity contribution in [2.45, 2.75) is 174 Å². The second kappa shape index (κ2) is 40.7. The molecular formula is C48H86NO7P. The molecule has 0 amide bonds. The number of phosphoric acid groups is 1. The minimum absolute atomic E-state index is 0.0104. The third kappa shape index (κ3) is 44.9. The van der Waals surface area contributed by atoms with Crippen LogP contribution in [0.4, 0.5) is 0 Å². The second-order valence-corrected chi connectivity index (χ2v) is 17.4. The number of unbranched alkanes of at least 4 members (excludes halogenated alkanes) is 15. The Hall–Kier alpha value is -2.06. The van der Waals surface area contributed by atoms with E-state index in [4.69, 9.17) is 18.5 Å². The molecule has 57 heavy (non-hydrogen) atoms. The van der Waals surface area contributed by atoms with Crippen LogP contribution in [0.1, 0.15) is 168 Å². The number of allylic oxidation sites excluding steroid dienone is 12. The van der Waals surface area contributed by atoms with Gasteiger partial charge in [0.25, 0.3) is 7.82 Å². The minimum atomic E-state index is -4.55. The summed E-state index contributed by atoms with van der Waals surface area (Å²) in [4.78, 5) is 25.0. The monoisotopic (exact) mass is 820 g/mol. The van der Waals surface area contributed by atoms with Gasteiger partial charge in [0.15, 0.2) is 0 Å². The number of esters is 1. The Balaban J connectivity index is 4.36. The van der Waals surface area contributed by atoms with E-state index in [1.807, 2.05) is 33.3 Å². The van der Waals surface area contributed by atoms with E-state index in [-0.39, 0.29) is 26.2 Å².